The van der Waals surface area contributed by atoms with E-state index in [1.165, 1.54) is 10.9 Å². The van der Waals surface area contributed by atoms with Gasteiger partial charge in [-0.2, -0.15) is 4.98 Å². The topological polar surface area (TPSA) is 234 Å². The van der Waals surface area contributed by atoms with Crippen molar-refractivity contribution in [2.45, 2.75) is 55.2 Å². The van der Waals surface area contributed by atoms with E-state index in [-0.39, 0.29) is 5.96 Å². The van der Waals surface area contributed by atoms with Crippen molar-refractivity contribution in [1.29, 1.82) is 5.41 Å². The molecule has 9 N–H and O–H groups in total. The lowest BCUT2D eigenvalue weighted by molar-refractivity contribution is -0.0503. The molecule has 3 rings (SSSR count). The van der Waals surface area contributed by atoms with Crippen molar-refractivity contribution in [2.24, 2.45) is 5.73 Å². The number of unbranched alkanes of at least 4 members (excludes halogenated alkanes) is 3. The van der Waals surface area contributed by atoms with E-state index in [4.69, 9.17) is 25.7 Å². The average molecular weight is 521 g/mol. The van der Waals surface area contributed by atoms with Crippen molar-refractivity contribution in [3.05, 3.63) is 6.33 Å². The molecule has 2 unspecified atom stereocenters. The number of thiol groups is 1. The summed E-state index contributed by atoms with van der Waals surface area (Å²) < 4.78 is 22.3. The Morgan fingerprint density at radius 2 is 1.94 bits per heavy atom. The minimum Gasteiger partial charge on any atom is -0.387 e. The van der Waals surface area contributed by atoms with Gasteiger partial charge in [-0.15, -0.1) is 12.6 Å². The Morgan fingerprint density at radius 1 is 1.24 bits per heavy atom. The number of guanidine groups is 1. The van der Waals surface area contributed by atoms with Gasteiger partial charge in [-0.3, -0.25) is 14.5 Å². The molecule has 0 spiro atoms. The number of phosphoric ester groups is 1. The Hall–Kier alpha value is -2.04. The molecule has 1 aliphatic heterocycles. The lowest BCUT2D eigenvalue weighted by Crippen LogP contribution is -2.33. The summed E-state index contributed by atoms with van der Waals surface area (Å²) in [5, 5.41) is 34.0. The molecule has 0 aliphatic carbocycles. The number of aliphatic hydroxyl groups is 2. The van der Waals surface area contributed by atoms with Crippen LogP contribution in [0.1, 0.15) is 31.9 Å². The number of nitrogens with zero attached hydrogens (tertiary/aromatic N) is 4. The fourth-order valence-electron chi connectivity index (χ4n) is 3.46. The van der Waals surface area contributed by atoms with E-state index < -0.39 is 39.0 Å². The molecule has 3 heterocycles. The van der Waals surface area contributed by atoms with E-state index in [2.05, 4.69) is 42.7 Å². The fourth-order valence-corrected chi connectivity index (χ4v) is 4.05. The SMILES string of the molecule is N=C(N)NCCCCCCNc1nc(S)c2ncn(C3O[C@H](COP(=O)(O)O)[C@H](O)C3O)c2n1. The van der Waals surface area contributed by atoms with Gasteiger partial charge in [0.25, 0.3) is 0 Å². The van der Waals surface area contributed by atoms with Crippen LogP contribution in [0.15, 0.2) is 11.4 Å². The molecule has 2 aromatic heterocycles. The maximum absolute atomic E-state index is 10.9. The highest BCUT2D eigenvalue weighted by Gasteiger charge is 2.45. The van der Waals surface area contributed by atoms with Gasteiger partial charge in [0.15, 0.2) is 17.8 Å². The van der Waals surface area contributed by atoms with E-state index in [1.54, 1.807) is 0 Å². The zero-order valence-electron chi connectivity index (χ0n) is 18.1. The number of nitrogens with two attached hydrogens (primary N) is 1. The van der Waals surface area contributed by atoms with Gasteiger partial charge in [0.05, 0.1) is 12.9 Å². The lowest BCUT2D eigenvalue weighted by Gasteiger charge is -2.17. The van der Waals surface area contributed by atoms with Crippen molar-refractivity contribution in [2.75, 3.05) is 25.0 Å². The molecule has 0 bridgehead atoms. The zero-order valence-corrected chi connectivity index (χ0v) is 19.9. The summed E-state index contributed by atoms with van der Waals surface area (Å²) in [6.45, 7) is 0.651. The van der Waals surface area contributed by atoms with Gasteiger partial charge in [0.1, 0.15) is 28.9 Å². The number of anilines is 1. The Bertz CT molecular complexity index is 1040. The molecule has 0 radical (unpaired) electrons. The van der Waals surface area contributed by atoms with Gasteiger partial charge in [-0.25, -0.2) is 14.5 Å². The van der Waals surface area contributed by atoms with Crippen molar-refractivity contribution in [1.82, 2.24) is 24.8 Å². The first kappa shape index (κ1) is 26.6. The monoisotopic (exact) mass is 520 g/mol. The molecule has 0 saturated carbocycles. The number of hydrogen-bond donors (Lipinski definition) is 9. The summed E-state index contributed by atoms with van der Waals surface area (Å²) in [6, 6.07) is 0. The maximum atomic E-state index is 10.9. The molecule has 34 heavy (non-hydrogen) atoms. The quantitative estimate of drug-likeness (QED) is 0.0421. The van der Waals surface area contributed by atoms with E-state index in [0.29, 0.717) is 35.2 Å². The Balaban J connectivity index is 1.61. The van der Waals surface area contributed by atoms with Gasteiger partial charge in [0, 0.05) is 13.1 Å². The van der Waals surface area contributed by atoms with Crippen LogP contribution in [0.5, 0.6) is 0 Å². The number of fused-ring (bicyclic) bond motifs is 1. The highest BCUT2D eigenvalue weighted by molar-refractivity contribution is 7.80. The number of hydrogen-bond acceptors (Lipinski definition) is 11. The fraction of sp³-hybridized carbons (Fsp3) is 0.647. The van der Waals surface area contributed by atoms with Crippen molar-refractivity contribution >= 4 is 43.5 Å². The summed E-state index contributed by atoms with van der Waals surface area (Å²) in [4.78, 5) is 30.6. The average Bonchev–Trinajstić information content (AvgIpc) is 3.29. The van der Waals surface area contributed by atoms with Gasteiger partial charge in [-0.1, -0.05) is 12.8 Å². The predicted molar refractivity (Wildman–Crippen MR) is 123 cm³/mol. The number of nitrogens with one attached hydrogen (secondary N) is 3. The van der Waals surface area contributed by atoms with Crippen LogP contribution in [-0.2, 0) is 13.8 Å². The molecule has 15 nitrogen and oxygen atoms in total. The van der Waals surface area contributed by atoms with Crippen LogP contribution in [0.3, 0.4) is 0 Å². The van der Waals surface area contributed by atoms with Crippen LogP contribution in [0.25, 0.3) is 11.2 Å². The molecule has 190 valence electrons. The number of aliphatic hydroxyl groups excluding tert-OH is 2. The Morgan fingerprint density at radius 3 is 2.62 bits per heavy atom. The van der Waals surface area contributed by atoms with Gasteiger partial charge >= 0.3 is 7.82 Å². The number of imidazole rings is 1. The van der Waals surface area contributed by atoms with Crippen LogP contribution in [0, 0.1) is 5.41 Å². The number of rotatable bonds is 12. The van der Waals surface area contributed by atoms with E-state index >= 15 is 0 Å². The molecular weight excluding hydrogens is 491 g/mol. The lowest BCUT2D eigenvalue weighted by atomic mass is 10.1. The standard InChI is InChI=1S/C17H29N8O7PS/c18-16(19)20-5-3-1-2-4-6-21-17-23-13-10(14(34)24-17)22-8-25(13)15-12(27)11(26)9(32-15)7-31-33(28,29)30/h8-9,11-12,15,26-27H,1-7H2,(H4,18,19,20)(H2,28,29,30)(H2,21,23,24,34)/t9-,11+,12?,15?/m1/s1. The van der Waals surface area contributed by atoms with Crippen LogP contribution in [0.4, 0.5) is 5.95 Å². The molecule has 4 atom stereocenters. The normalized spacial score (nSPS) is 22.9. The van der Waals surface area contributed by atoms with E-state index in [9.17, 15) is 14.8 Å². The second kappa shape index (κ2) is 11.6. The second-order valence-electron chi connectivity index (χ2n) is 7.71. The first-order valence-corrected chi connectivity index (χ1v) is 12.5. The Kier molecular flexibility index (Phi) is 9.06. The summed E-state index contributed by atoms with van der Waals surface area (Å²) >= 11 is 4.36. The number of ether oxygens (including phenoxy) is 1. The summed E-state index contributed by atoms with van der Waals surface area (Å²) in [5.74, 6) is 0.262. The number of phosphoric acid groups is 1. The van der Waals surface area contributed by atoms with Crippen LogP contribution in [-0.4, -0.2) is 83.5 Å². The summed E-state index contributed by atoms with van der Waals surface area (Å²) in [7, 11) is -4.77. The van der Waals surface area contributed by atoms with Crippen molar-refractivity contribution in [3.8, 4) is 0 Å². The van der Waals surface area contributed by atoms with E-state index in [0.717, 1.165) is 25.7 Å². The first-order chi connectivity index (χ1) is 16.1. The van der Waals surface area contributed by atoms with Gasteiger partial charge in [-0.05, 0) is 12.8 Å². The molecule has 2 aromatic rings. The molecule has 1 fully saturated rings. The second-order valence-corrected chi connectivity index (χ2v) is 9.37. The highest BCUT2D eigenvalue weighted by atomic mass is 32.1. The molecule has 17 heteroatoms. The van der Waals surface area contributed by atoms with E-state index in [1.807, 2.05) is 0 Å². The molecule has 0 aromatic carbocycles. The van der Waals surface area contributed by atoms with Crippen molar-refractivity contribution in [3.63, 3.8) is 0 Å². The number of aromatic nitrogens is 4. The maximum Gasteiger partial charge on any atom is 0.469 e. The smallest absolute Gasteiger partial charge is 0.387 e. The van der Waals surface area contributed by atoms with Crippen LogP contribution in [0.2, 0.25) is 0 Å². The van der Waals surface area contributed by atoms with Crippen molar-refractivity contribution < 1.29 is 33.8 Å². The molecular formula is C17H29N8O7PS. The zero-order chi connectivity index (χ0) is 24.9. The third-order valence-corrected chi connectivity index (χ3v) is 5.92. The molecule has 1 saturated heterocycles. The minimum atomic E-state index is -4.77. The summed E-state index contributed by atoms with van der Waals surface area (Å²) in [6.07, 6.45) is -0.125. The highest BCUT2D eigenvalue weighted by Crippen LogP contribution is 2.39. The first-order valence-electron chi connectivity index (χ1n) is 10.5. The Labute approximate surface area is 200 Å². The van der Waals surface area contributed by atoms with Gasteiger partial charge in [0.2, 0.25) is 5.95 Å². The van der Waals surface area contributed by atoms with Crippen LogP contribution >= 0.6 is 20.5 Å². The third-order valence-electron chi connectivity index (χ3n) is 5.12. The molecule has 0 amide bonds. The molecule has 1 aliphatic rings. The largest absolute Gasteiger partial charge is 0.469 e. The summed E-state index contributed by atoms with van der Waals surface area (Å²) in [5.41, 5.74) is 5.88. The minimum absolute atomic E-state index is 0.0361. The predicted octanol–water partition coefficient (Wildman–Crippen LogP) is -0.701. The van der Waals surface area contributed by atoms with Crippen LogP contribution < -0.4 is 16.4 Å². The van der Waals surface area contributed by atoms with Gasteiger partial charge < -0.3 is 41.1 Å². The third kappa shape index (κ3) is 6.99.